The van der Waals surface area contributed by atoms with Crippen LogP contribution in [-0.4, -0.2) is 21.1 Å². The number of carbonyl (C=O) groups excluding carboxylic acids is 1. The fraction of sp³-hybridized carbons (Fsp3) is 0.667. The molecular weight excluding hydrogens is 202 g/mol. The smallest absolute Gasteiger partial charge is 0.153 e. The second kappa shape index (κ2) is 5.25. The lowest BCUT2D eigenvalue weighted by Crippen LogP contribution is -2.46. The van der Waals surface area contributed by atoms with Crippen molar-refractivity contribution in [1.29, 1.82) is 0 Å². The van der Waals surface area contributed by atoms with Crippen molar-refractivity contribution in [1.82, 2.24) is 9.78 Å². The SMILES string of the molecule is CCC(N)(CC)C(=O)CCc1ccnn1C. The summed E-state index contributed by atoms with van der Waals surface area (Å²) < 4.78 is 1.80. The normalized spacial score (nSPS) is 11.8. The van der Waals surface area contributed by atoms with Gasteiger partial charge in [0.05, 0.1) is 5.54 Å². The summed E-state index contributed by atoms with van der Waals surface area (Å²) in [4.78, 5) is 12.0. The van der Waals surface area contributed by atoms with E-state index in [1.807, 2.05) is 27.0 Å². The number of rotatable bonds is 6. The Hall–Kier alpha value is -1.16. The Labute approximate surface area is 96.8 Å². The maximum atomic E-state index is 12.0. The number of Topliss-reactive ketones (excluding diaryl/α,β-unsaturated/α-hetero) is 1. The van der Waals surface area contributed by atoms with Crippen LogP contribution in [0.25, 0.3) is 0 Å². The first-order chi connectivity index (χ1) is 7.53. The van der Waals surface area contributed by atoms with Gasteiger partial charge < -0.3 is 5.73 Å². The summed E-state index contributed by atoms with van der Waals surface area (Å²) in [5.41, 5.74) is 6.48. The maximum Gasteiger partial charge on any atom is 0.153 e. The molecule has 0 atom stereocenters. The first-order valence-electron chi connectivity index (χ1n) is 5.82. The van der Waals surface area contributed by atoms with Crippen LogP contribution >= 0.6 is 0 Å². The summed E-state index contributed by atoms with van der Waals surface area (Å²) in [5, 5.41) is 4.07. The van der Waals surface area contributed by atoms with Crippen molar-refractivity contribution in [3.8, 4) is 0 Å². The minimum Gasteiger partial charge on any atom is -0.319 e. The van der Waals surface area contributed by atoms with Crippen molar-refractivity contribution in [2.45, 2.75) is 45.1 Å². The fourth-order valence-electron chi connectivity index (χ4n) is 1.78. The number of ketones is 1. The van der Waals surface area contributed by atoms with E-state index in [1.54, 1.807) is 10.9 Å². The van der Waals surface area contributed by atoms with Gasteiger partial charge in [0.2, 0.25) is 0 Å². The van der Waals surface area contributed by atoms with Crippen LogP contribution in [0.3, 0.4) is 0 Å². The number of aromatic nitrogens is 2. The minimum atomic E-state index is -0.640. The highest BCUT2D eigenvalue weighted by atomic mass is 16.1. The Balaban J connectivity index is 2.56. The van der Waals surface area contributed by atoms with Gasteiger partial charge in [-0.1, -0.05) is 13.8 Å². The van der Waals surface area contributed by atoms with E-state index < -0.39 is 5.54 Å². The lowest BCUT2D eigenvalue weighted by molar-refractivity contribution is -0.124. The third-order valence-electron chi connectivity index (χ3n) is 3.35. The van der Waals surface area contributed by atoms with E-state index >= 15 is 0 Å². The van der Waals surface area contributed by atoms with Gasteiger partial charge in [-0.25, -0.2) is 0 Å². The molecule has 2 N–H and O–H groups in total. The number of nitrogens with two attached hydrogens (primary N) is 1. The molecule has 0 fully saturated rings. The first kappa shape index (κ1) is 12.9. The molecule has 90 valence electrons. The lowest BCUT2D eigenvalue weighted by atomic mass is 9.86. The Kier molecular flexibility index (Phi) is 4.24. The summed E-state index contributed by atoms with van der Waals surface area (Å²) >= 11 is 0. The molecule has 4 heteroatoms. The van der Waals surface area contributed by atoms with E-state index in [9.17, 15) is 4.79 Å². The molecule has 0 saturated heterocycles. The standard InChI is InChI=1S/C12H21N3O/c1-4-12(13,5-2)11(16)7-6-10-8-9-14-15(10)3/h8-9H,4-7,13H2,1-3H3. The zero-order valence-electron chi connectivity index (χ0n) is 10.4. The molecule has 1 heterocycles. The highest BCUT2D eigenvalue weighted by molar-refractivity contribution is 5.88. The van der Waals surface area contributed by atoms with E-state index in [0.29, 0.717) is 25.7 Å². The van der Waals surface area contributed by atoms with E-state index in [1.165, 1.54) is 0 Å². The Morgan fingerprint density at radius 1 is 1.50 bits per heavy atom. The summed E-state index contributed by atoms with van der Waals surface area (Å²) in [6.45, 7) is 3.93. The highest BCUT2D eigenvalue weighted by Crippen LogP contribution is 2.16. The molecule has 0 aromatic carbocycles. The van der Waals surface area contributed by atoms with Gasteiger partial charge in [0.1, 0.15) is 0 Å². The predicted octanol–water partition coefficient (Wildman–Crippen LogP) is 1.44. The van der Waals surface area contributed by atoms with Crippen molar-refractivity contribution in [3.63, 3.8) is 0 Å². The zero-order valence-corrected chi connectivity index (χ0v) is 10.4. The Bertz CT molecular complexity index is 353. The molecular formula is C12H21N3O. The zero-order chi connectivity index (χ0) is 12.2. The van der Waals surface area contributed by atoms with Gasteiger partial charge in [-0.05, 0) is 25.3 Å². The van der Waals surface area contributed by atoms with Crippen molar-refractivity contribution in [2.24, 2.45) is 12.8 Å². The molecule has 0 aliphatic rings. The Morgan fingerprint density at radius 2 is 2.12 bits per heavy atom. The largest absolute Gasteiger partial charge is 0.319 e. The van der Waals surface area contributed by atoms with Crippen molar-refractivity contribution < 1.29 is 4.79 Å². The van der Waals surface area contributed by atoms with Crippen LogP contribution in [0.15, 0.2) is 12.3 Å². The van der Waals surface area contributed by atoms with Crippen LogP contribution in [0.5, 0.6) is 0 Å². The van der Waals surface area contributed by atoms with Gasteiger partial charge in [0.25, 0.3) is 0 Å². The van der Waals surface area contributed by atoms with Gasteiger partial charge >= 0.3 is 0 Å². The summed E-state index contributed by atoms with van der Waals surface area (Å²) in [6, 6.07) is 1.93. The van der Waals surface area contributed by atoms with Crippen LogP contribution in [0, 0.1) is 0 Å². The maximum absolute atomic E-state index is 12.0. The third-order valence-corrected chi connectivity index (χ3v) is 3.35. The first-order valence-corrected chi connectivity index (χ1v) is 5.82. The van der Waals surface area contributed by atoms with E-state index in [4.69, 9.17) is 5.73 Å². The number of hydrogen-bond acceptors (Lipinski definition) is 3. The Morgan fingerprint density at radius 3 is 2.56 bits per heavy atom. The third kappa shape index (κ3) is 2.70. The molecule has 0 aliphatic heterocycles. The molecule has 1 rings (SSSR count). The number of carbonyl (C=O) groups is 1. The van der Waals surface area contributed by atoms with Gasteiger partial charge in [0, 0.05) is 25.4 Å². The van der Waals surface area contributed by atoms with Crippen LogP contribution in [0.4, 0.5) is 0 Å². The number of hydrogen-bond donors (Lipinski definition) is 1. The van der Waals surface area contributed by atoms with Crippen molar-refractivity contribution in [3.05, 3.63) is 18.0 Å². The molecule has 4 nitrogen and oxygen atoms in total. The molecule has 0 amide bonds. The minimum absolute atomic E-state index is 0.152. The van der Waals surface area contributed by atoms with Gasteiger partial charge in [-0.3, -0.25) is 9.48 Å². The fourth-order valence-corrected chi connectivity index (χ4v) is 1.78. The molecule has 0 saturated carbocycles. The van der Waals surface area contributed by atoms with E-state index in [-0.39, 0.29) is 5.78 Å². The molecule has 0 radical (unpaired) electrons. The number of aryl methyl sites for hydroxylation is 2. The van der Waals surface area contributed by atoms with Crippen LogP contribution in [0.2, 0.25) is 0 Å². The average Bonchev–Trinajstić information content (AvgIpc) is 2.70. The van der Waals surface area contributed by atoms with Crippen LogP contribution < -0.4 is 5.73 Å². The average molecular weight is 223 g/mol. The molecule has 0 unspecified atom stereocenters. The molecule has 1 aromatic heterocycles. The van der Waals surface area contributed by atoms with Gasteiger partial charge in [0.15, 0.2) is 5.78 Å². The second-order valence-electron chi connectivity index (χ2n) is 4.23. The van der Waals surface area contributed by atoms with Gasteiger partial charge in [-0.2, -0.15) is 5.10 Å². The molecule has 16 heavy (non-hydrogen) atoms. The summed E-state index contributed by atoms with van der Waals surface area (Å²) in [5.74, 6) is 0.152. The molecule has 0 spiro atoms. The lowest BCUT2D eigenvalue weighted by Gasteiger charge is -2.24. The van der Waals surface area contributed by atoms with Crippen LogP contribution in [0.1, 0.15) is 38.8 Å². The number of nitrogens with zero attached hydrogens (tertiary/aromatic N) is 2. The molecule has 0 bridgehead atoms. The molecule has 1 aromatic rings. The summed E-state index contributed by atoms with van der Waals surface area (Å²) in [7, 11) is 1.88. The second-order valence-corrected chi connectivity index (χ2v) is 4.23. The topological polar surface area (TPSA) is 60.9 Å². The van der Waals surface area contributed by atoms with Crippen molar-refractivity contribution >= 4 is 5.78 Å². The molecule has 0 aliphatic carbocycles. The quantitative estimate of drug-likeness (QED) is 0.793. The summed E-state index contributed by atoms with van der Waals surface area (Å²) in [6.07, 6.45) is 4.36. The van der Waals surface area contributed by atoms with E-state index in [0.717, 1.165) is 5.69 Å². The monoisotopic (exact) mass is 223 g/mol. The highest BCUT2D eigenvalue weighted by Gasteiger charge is 2.28. The van der Waals surface area contributed by atoms with E-state index in [2.05, 4.69) is 5.10 Å². The van der Waals surface area contributed by atoms with Crippen LogP contribution in [-0.2, 0) is 18.3 Å². The predicted molar refractivity (Wildman–Crippen MR) is 64.0 cm³/mol. The van der Waals surface area contributed by atoms with Gasteiger partial charge in [-0.15, -0.1) is 0 Å². The van der Waals surface area contributed by atoms with Crippen molar-refractivity contribution in [2.75, 3.05) is 0 Å².